The van der Waals surface area contributed by atoms with Gasteiger partial charge in [-0.1, -0.05) is 30.3 Å². The van der Waals surface area contributed by atoms with Gasteiger partial charge in [0, 0.05) is 22.0 Å². The van der Waals surface area contributed by atoms with Crippen molar-refractivity contribution < 1.29 is 13.2 Å². The standard InChI is InChI=1S/C19H13F3N2/c1-11-10-15(12-6-8-13(9-7-12)19(20,21)22)17-14-4-2-3-5-16(14)24-18(17)23-11/h2-10H,1H3,(H,23,24). The van der Waals surface area contributed by atoms with Gasteiger partial charge in [-0.2, -0.15) is 13.2 Å². The molecule has 0 aliphatic heterocycles. The van der Waals surface area contributed by atoms with Gasteiger partial charge in [0.05, 0.1) is 5.56 Å². The molecule has 0 radical (unpaired) electrons. The van der Waals surface area contributed by atoms with Gasteiger partial charge in [-0.25, -0.2) is 4.98 Å². The number of nitrogens with zero attached hydrogens (tertiary/aromatic N) is 1. The van der Waals surface area contributed by atoms with E-state index >= 15 is 0 Å². The Kier molecular flexibility index (Phi) is 3.13. The molecule has 120 valence electrons. The van der Waals surface area contributed by atoms with Gasteiger partial charge in [-0.15, -0.1) is 0 Å². The van der Waals surface area contributed by atoms with Crippen LogP contribution in [0.1, 0.15) is 11.3 Å². The van der Waals surface area contributed by atoms with Crippen LogP contribution in [0.5, 0.6) is 0 Å². The van der Waals surface area contributed by atoms with Gasteiger partial charge in [-0.05, 0) is 42.3 Å². The Hall–Kier alpha value is -2.82. The molecule has 0 fully saturated rings. The minimum atomic E-state index is -4.33. The highest BCUT2D eigenvalue weighted by Gasteiger charge is 2.30. The predicted molar refractivity (Wildman–Crippen MR) is 88.8 cm³/mol. The van der Waals surface area contributed by atoms with E-state index in [-0.39, 0.29) is 0 Å². The first kappa shape index (κ1) is 14.8. The van der Waals surface area contributed by atoms with E-state index in [4.69, 9.17) is 0 Å². The van der Waals surface area contributed by atoms with E-state index < -0.39 is 11.7 Å². The van der Waals surface area contributed by atoms with Crippen LogP contribution in [0.3, 0.4) is 0 Å². The largest absolute Gasteiger partial charge is 0.416 e. The van der Waals surface area contributed by atoms with Crippen molar-refractivity contribution in [1.29, 1.82) is 0 Å². The summed E-state index contributed by atoms with van der Waals surface area (Å²) in [6, 6.07) is 15.0. The maximum Gasteiger partial charge on any atom is 0.416 e. The first-order chi connectivity index (χ1) is 11.4. The average Bonchev–Trinajstić information content (AvgIpc) is 2.91. The highest BCUT2D eigenvalue weighted by Crippen LogP contribution is 2.36. The van der Waals surface area contributed by atoms with E-state index in [0.29, 0.717) is 0 Å². The second kappa shape index (κ2) is 5.09. The average molecular weight is 326 g/mol. The molecule has 0 aliphatic carbocycles. The van der Waals surface area contributed by atoms with Gasteiger partial charge in [0.25, 0.3) is 0 Å². The summed E-state index contributed by atoms with van der Waals surface area (Å²) >= 11 is 0. The van der Waals surface area contributed by atoms with E-state index in [9.17, 15) is 13.2 Å². The quantitative estimate of drug-likeness (QED) is 0.477. The number of alkyl halides is 3. The molecule has 5 heteroatoms. The van der Waals surface area contributed by atoms with Crippen LogP contribution in [0, 0.1) is 6.92 Å². The summed E-state index contributed by atoms with van der Waals surface area (Å²) in [5.41, 5.74) is 3.48. The van der Waals surface area contributed by atoms with Crippen LogP contribution in [0.15, 0.2) is 54.6 Å². The van der Waals surface area contributed by atoms with Gasteiger partial charge >= 0.3 is 6.18 Å². The summed E-state index contributed by atoms with van der Waals surface area (Å²) in [7, 11) is 0. The number of halogens is 3. The van der Waals surface area contributed by atoms with E-state index in [2.05, 4.69) is 9.97 Å². The Labute approximate surface area is 136 Å². The molecule has 4 aromatic rings. The smallest absolute Gasteiger partial charge is 0.339 e. The van der Waals surface area contributed by atoms with Gasteiger partial charge in [0.1, 0.15) is 5.65 Å². The third-order valence-electron chi connectivity index (χ3n) is 4.12. The Balaban J connectivity index is 1.99. The lowest BCUT2D eigenvalue weighted by molar-refractivity contribution is -0.137. The highest BCUT2D eigenvalue weighted by atomic mass is 19.4. The van der Waals surface area contributed by atoms with Crippen LogP contribution in [-0.2, 0) is 6.18 Å². The van der Waals surface area contributed by atoms with Crippen LogP contribution in [-0.4, -0.2) is 9.97 Å². The molecule has 0 saturated heterocycles. The number of nitrogens with one attached hydrogen (secondary N) is 1. The number of hydrogen-bond acceptors (Lipinski definition) is 1. The van der Waals surface area contributed by atoms with Crippen LogP contribution in [0.2, 0.25) is 0 Å². The summed E-state index contributed by atoms with van der Waals surface area (Å²) in [6.45, 7) is 1.87. The van der Waals surface area contributed by atoms with Gasteiger partial charge in [0.2, 0.25) is 0 Å². The minimum absolute atomic E-state index is 0.646. The van der Waals surface area contributed by atoms with Crippen LogP contribution in [0.4, 0.5) is 13.2 Å². The summed E-state index contributed by atoms with van der Waals surface area (Å²) in [6.07, 6.45) is -4.33. The number of pyridine rings is 1. The van der Waals surface area contributed by atoms with Crippen LogP contribution < -0.4 is 0 Å². The molecule has 1 N–H and O–H groups in total. The van der Waals surface area contributed by atoms with Crippen LogP contribution >= 0.6 is 0 Å². The van der Waals surface area contributed by atoms with E-state index in [0.717, 1.165) is 50.9 Å². The number of benzene rings is 2. The Morgan fingerprint density at radius 2 is 1.67 bits per heavy atom. The number of fused-ring (bicyclic) bond motifs is 3. The fourth-order valence-corrected chi connectivity index (χ4v) is 3.04. The zero-order chi connectivity index (χ0) is 16.9. The second-order valence-corrected chi connectivity index (χ2v) is 5.78. The maximum absolute atomic E-state index is 12.8. The van der Waals surface area contributed by atoms with Gasteiger partial charge in [0.15, 0.2) is 0 Å². The van der Waals surface area contributed by atoms with Crippen molar-refractivity contribution in [2.75, 3.05) is 0 Å². The first-order valence-electron chi connectivity index (χ1n) is 7.49. The molecule has 0 aliphatic rings. The molecule has 0 spiro atoms. The summed E-state index contributed by atoms with van der Waals surface area (Å²) in [5.74, 6) is 0. The van der Waals surface area contributed by atoms with Crippen molar-refractivity contribution in [2.24, 2.45) is 0 Å². The third kappa shape index (κ3) is 2.33. The molecule has 0 saturated carbocycles. The molecule has 2 aromatic carbocycles. The lowest BCUT2D eigenvalue weighted by Crippen LogP contribution is -2.04. The fourth-order valence-electron chi connectivity index (χ4n) is 3.04. The molecule has 0 amide bonds. The number of rotatable bonds is 1. The number of aromatic nitrogens is 2. The van der Waals surface area contributed by atoms with Crippen molar-refractivity contribution in [3.63, 3.8) is 0 Å². The Morgan fingerprint density at radius 1 is 0.958 bits per heavy atom. The summed E-state index contributed by atoms with van der Waals surface area (Å²) in [5, 5.41) is 1.94. The zero-order valence-corrected chi connectivity index (χ0v) is 12.8. The predicted octanol–water partition coefficient (Wildman–Crippen LogP) is 5.71. The molecule has 4 rings (SSSR count). The molecule has 0 atom stereocenters. The molecule has 24 heavy (non-hydrogen) atoms. The zero-order valence-electron chi connectivity index (χ0n) is 12.8. The first-order valence-corrected chi connectivity index (χ1v) is 7.49. The van der Waals surface area contributed by atoms with E-state index in [1.54, 1.807) is 0 Å². The monoisotopic (exact) mass is 326 g/mol. The van der Waals surface area contributed by atoms with Crippen molar-refractivity contribution >= 4 is 21.9 Å². The second-order valence-electron chi connectivity index (χ2n) is 5.78. The Morgan fingerprint density at radius 3 is 2.38 bits per heavy atom. The number of aryl methyl sites for hydroxylation is 1. The molecule has 0 bridgehead atoms. The molecule has 2 heterocycles. The lowest BCUT2D eigenvalue weighted by atomic mass is 9.99. The number of H-pyrrole nitrogens is 1. The van der Waals surface area contributed by atoms with Crippen molar-refractivity contribution in [3.8, 4) is 11.1 Å². The molecule has 0 unspecified atom stereocenters. The third-order valence-corrected chi connectivity index (χ3v) is 4.12. The number of hydrogen-bond donors (Lipinski definition) is 1. The van der Waals surface area contributed by atoms with Crippen molar-refractivity contribution in [1.82, 2.24) is 9.97 Å². The topological polar surface area (TPSA) is 28.7 Å². The maximum atomic E-state index is 12.8. The van der Waals surface area contributed by atoms with Crippen molar-refractivity contribution in [2.45, 2.75) is 13.1 Å². The lowest BCUT2D eigenvalue weighted by Gasteiger charge is -2.09. The minimum Gasteiger partial charge on any atom is -0.339 e. The highest BCUT2D eigenvalue weighted by molar-refractivity contribution is 6.13. The summed E-state index contributed by atoms with van der Waals surface area (Å²) < 4.78 is 38.3. The van der Waals surface area contributed by atoms with E-state index in [1.165, 1.54) is 12.1 Å². The van der Waals surface area contributed by atoms with Crippen LogP contribution in [0.25, 0.3) is 33.1 Å². The molecule has 2 aromatic heterocycles. The molecular weight excluding hydrogens is 313 g/mol. The fraction of sp³-hybridized carbons (Fsp3) is 0.105. The molecular formula is C19H13F3N2. The van der Waals surface area contributed by atoms with Gasteiger partial charge < -0.3 is 4.98 Å². The van der Waals surface area contributed by atoms with Gasteiger partial charge in [-0.3, -0.25) is 0 Å². The van der Waals surface area contributed by atoms with Crippen molar-refractivity contribution in [3.05, 3.63) is 65.9 Å². The normalized spacial score (nSPS) is 12.2. The number of para-hydroxylation sites is 1. The Bertz CT molecular complexity index is 1040. The van der Waals surface area contributed by atoms with E-state index in [1.807, 2.05) is 37.3 Å². The number of aromatic amines is 1. The summed E-state index contributed by atoms with van der Waals surface area (Å²) in [4.78, 5) is 7.79. The molecule has 2 nitrogen and oxygen atoms in total. The SMILES string of the molecule is Cc1cc(-c2ccc(C(F)(F)F)cc2)c2c(n1)[nH]c1ccccc12.